The monoisotopic (exact) mass is 360 g/mol. The molecule has 1 unspecified atom stereocenters. The molecule has 1 aromatic heterocycles. The predicted octanol–water partition coefficient (Wildman–Crippen LogP) is -0.663. The number of carbonyl (C=O) groups is 1. The Morgan fingerprint density at radius 1 is 1.44 bits per heavy atom. The number of esters is 1. The highest BCUT2D eigenvalue weighted by molar-refractivity contribution is 5.75. The van der Waals surface area contributed by atoms with Crippen molar-refractivity contribution in [2.75, 3.05) is 6.61 Å². The fourth-order valence-electron chi connectivity index (χ4n) is 2.30. The Balaban J connectivity index is 2.33. The van der Waals surface area contributed by atoms with E-state index >= 15 is 0 Å². The minimum absolute atomic E-state index is 0.0649. The molecule has 1 fully saturated rings. The van der Waals surface area contributed by atoms with Gasteiger partial charge in [-0.05, 0) is 20.8 Å². The summed E-state index contributed by atoms with van der Waals surface area (Å²) in [6.07, 6.45) is -2.41. The standard InChI is InChI=1S/C15H21FN2O7/c1-15(2,3)13(22)24-7-18-12(21)8(16)5-17(14(18)23)11-4-9(20)10(6-19)25-11/h5,9-11,19-20H,4,6-7H2,1-3H3/t9?,10-,11-/m0/s1. The van der Waals surface area contributed by atoms with Crippen molar-refractivity contribution in [3.63, 3.8) is 0 Å². The Morgan fingerprint density at radius 3 is 2.60 bits per heavy atom. The highest BCUT2D eigenvalue weighted by Crippen LogP contribution is 2.27. The highest BCUT2D eigenvalue weighted by Gasteiger charge is 2.35. The number of rotatable bonds is 4. The zero-order chi connectivity index (χ0) is 18.9. The van der Waals surface area contributed by atoms with Crippen molar-refractivity contribution in [1.82, 2.24) is 9.13 Å². The third-order valence-corrected chi connectivity index (χ3v) is 3.79. The first-order valence-corrected chi connectivity index (χ1v) is 7.69. The zero-order valence-electron chi connectivity index (χ0n) is 14.1. The molecule has 10 heteroatoms. The molecule has 9 nitrogen and oxygen atoms in total. The lowest BCUT2D eigenvalue weighted by Crippen LogP contribution is -2.43. The topological polar surface area (TPSA) is 120 Å². The molecule has 0 radical (unpaired) electrons. The summed E-state index contributed by atoms with van der Waals surface area (Å²) in [6.45, 7) is 3.54. The fraction of sp³-hybridized carbons (Fsp3) is 0.667. The first kappa shape index (κ1) is 19.3. The number of hydrogen-bond acceptors (Lipinski definition) is 7. The maximum atomic E-state index is 13.9. The normalized spacial score (nSPS) is 23.7. The van der Waals surface area contributed by atoms with Gasteiger partial charge in [0.05, 0.1) is 24.3 Å². The summed E-state index contributed by atoms with van der Waals surface area (Å²) in [5.41, 5.74) is -3.05. The number of aromatic nitrogens is 2. The van der Waals surface area contributed by atoms with Crippen molar-refractivity contribution >= 4 is 5.97 Å². The molecule has 0 amide bonds. The van der Waals surface area contributed by atoms with Crippen LogP contribution in [0.5, 0.6) is 0 Å². The fourth-order valence-corrected chi connectivity index (χ4v) is 2.30. The molecule has 0 aliphatic carbocycles. The second-order valence-corrected chi connectivity index (χ2v) is 6.83. The van der Waals surface area contributed by atoms with E-state index in [9.17, 15) is 23.9 Å². The number of halogens is 1. The van der Waals surface area contributed by atoms with Crippen LogP contribution in [-0.2, 0) is 21.0 Å². The van der Waals surface area contributed by atoms with E-state index in [0.29, 0.717) is 10.8 Å². The van der Waals surface area contributed by atoms with Gasteiger partial charge in [0.1, 0.15) is 12.3 Å². The van der Waals surface area contributed by atoms with Crippen molar-refractivity contribution in [1.29, 1.82) is 0 Å². The molecule has 140 valence electrons. The highest BCUT2D eigenvalue weighted by atomic mass is 19.1. The summed E-state index contributed by atoms with van der Waals surface area (Å²) >= 11 is 0. The Bertz CT molecular complexity index is 765. The predicted molar refractivity (Wildman–Crippen MR) is 82.1 cm³/mol. The van der Waals surface area contributed by atoms with Gasteiger partial charge in [-0.1, -0.05) is 0 Å². The summed E-state index contributed by atoms with van der Waals surface area (Å²) in [7, 11) is 0. The first-order chi connectivity index (χ1) is 11.6. The van der Waals surface area contributed by atoms with Crippen LogP contribution in [0.25, 0.3) is 0 Å². The van der Waals surface area contributed by atoms with Crippen LogP contribution in [0.2, 0.25) is 0 Å². The van der Waals surface area contributed by atoms with E-state index < -0.39 is 60.2 Å². The largest absolute Gasteiger partial charge is 0.443 e. The summed E-state index contributed by atoms with van der Waals surface area (Å²) in [5.74, 6) is -1.90. The molecule has 3 atom stereocenters. The van der Waals surface area contributed by atoms with Gasteiger partial charge in [0.2, 0.25) is 5.82 Å². The molecule has 1 aromatic rings. The minimum Gasteiger partial charge on any atom is -0.443 e. The lowest BCUT2D eigenvalue weighted by molar-refractivity contribution is -0.157. The van der Waals surface area contributed by atoms with E-state index in [0.717, 1.165) is 4.57 Å². The van der Waals surface area contributed by atoms with E-state index in [2.05, 4.69) is 0 Å². The van der Waals surface area contributed by atoms with E-state index in [1.807, 2.05) is 0 Å². The van der Waals surface area contributed by atoms with Gasteiger partial charge in [0.25, 0.3) is 5.56 Å². The Morgan fingerprint density at radius 2 is 2.08 bits per heavy atom. The molecule has 1 aliphatic heterocycles. The number of carbonyl (C=O) groups excluding carboxylic acids is 1. The van der Waals surface area contributed by atoms with E-state index in [4.69, 9.17) is 14.6 Å². The van der Waals surface area contributed by atoms with Crippen molar-refractivity contribution in [2.24, 2.45) is 5.41 Å². The molecule has 0 aromatic carbocycles. The van der Waals surface area contributed by atoms with Gasteiger partial charge in [-0.25, -0.2) is 9.36 Å². The van der Waals surface area contributed by atoms with Crippen LogP contribution in [0.4, 0.5) is 4.39 Å². The van der Waals surface area contributed by atoms with Crippen molar-refractivity contribution < 1.29 is 28.9 Å². The lowest BCUT2D eigenvalue weighted by Gasteiger charge is -2.19. The van der Waals surface area contributed by atoms with Crippen LogP contribution >= 0.6 is 0 Å². The van der Waals surface area contributed by atoms with E-state index in [1.165, 1.54) is 0 Å². The Labute approximate surface area is 142 Å². The van der Waals surface area contributed by atoms with Crippen LogP contribution in [-0.4, -0.2) is 44.1 Å². The molecule has 1 aliphatic rings. The SMILES string of the molecule is CC(C)(C)C(=O)OCn1c(=O)c(F)cn([C@@H]2CC(O)[C@H](CO)O2)c1=O. The third kappa shape index (κ3) is 3.97. The Kier molecular flexibility index (Phi) is 5.45. The summed E-state index contributed by atoms with van der Waals surface area (Å²) in [4.78, 5) is 36.1. The van der Waals surface area contributed by atoms with Crippen molar-refractivity contribution in [3.8, 4) is 0 Å². The molecule has 25 heavy (non-hydrogen) atoms. The number of ether oxygens (including phenoxy) is 2. The Hall–Kier alpha value is -2.04. The van der Waals surface area contributed by atoms with Crippen LogP contribution in [0.3, 0.4) is 0 Å². The molecule has 2 heterocycles. The van der Waals surface area contributed by atoms with Gasteiger partial charge in [0, 0.05) is 6.42 Å². The molecule has 0 saturated carbocycles. The minimum atomic E-state index is -1.24. The van der Waals surface area contributed by atoms with Gasteiger partial charge in [0.15, 0.2) is 6.73 Å². The number of nitrogens with zero attached hydrogens (tertiary/aromatic N) is 2. The molecule has 0 bridgehead atoms. The molecule has 0 spiro atoms. The quantitative estimate of drug-likeness (QED) is 0.684. The number of aliphatic hydroxyl groups excluding tert-OH is 2. The van der Waals surface area contributed by atoms with Crippen LogP contribution in [0.15, 0.2) is 15.8 Å². The maximum Gasteiger partial charge on any atom is 0.336 e. The number of hydrogen-bond donors (Lipinski definition) is 2. The maximum absolute atomic E-state index is 13.9. The second kappa shape index (κ2) is 7.06. The molecular formula is C15H21FN2O7. The molecular weight excluding hydrogens is 339 g/mol. The van der Waals surface area contributed by atoms with Crippen molar-refractivity contribution in [3.05, 3.63) is 32.9 Å². The average Bonchev–Trinajstić information content (AvgIpc) is 2.90. The van der Waals surface area contributed by atoms with Crippen molar-refractivity contribution in [2.45, 2.75) is 52.4 Å². The molecule has 2 N–H and O–H groups in total. The summed E-state index contributed by atoms with van der Waals surface area (Å²) < 4.78 is 25.3. The summed E-state index contributed by atoms with van der Waals surface area (Å²) in [5, 5.41) is 18.8. The zero-order valence-corrected chi connectivity index (χ0v) is 14.1. The lowest BCUT2D eigenvalue weighted by atomic mass is 9.98. The average molecular weight is 360 g/mol. The van der Waals surface area contributed by atoms with Gasteiger partial charge in [-0.3, -0.25) is 14.2 Å². The van der Waals surface area contributed by atoms with Gasteiger partial charge >= 0.3 is 11.7 Å². The van der Waals surface area contributed by atoms with E-state index in [-0.39, 0.29) is 6.42 Å². The molecule has 1 saturated heterocycles. The first-order valence-electron chi connectivity index (χ1n) is 7.69. The van der Waals surface area contributed by atoms with Crippen LogP contribution < -0.4 is 11.2 Å². The van der Waals surface area contributed by atoms with E-state index in [1.54, 1.807) is 20.8 Å². The third-order valence-electron chi connectivity index (χ3n) is 3.79. The van der Waals surface area contributed by atoms with Crippen LogP contribution in [0.1, 0.15) is 33.4 Å². The van der Waals surface area contributed by atoms with Gasteiger partial charge < -0.3 is 19.7 Å². The van der Waals surface area contributed by atoms with Gasteiger partial charge in [-0.15, -0.1) is 0 Å². The van der Waals surface area contributed by atoms with Gasteiger partial charge in [-0.2, -0.15) is 4.39 Å². The smallest absolute Gasteiger partial charge is 0.336 e. The summed E-state index contributed by atoms with van der Waals surface area (Å²) in [6, 6.07) is 0. The second-order valence-electron chi connectivity index (χ2n) is 6.83. The van der Waals surface area contributed by atoms with Crippen LogP contribution in [0, 0.1) is 11.2 Å². The number of aliphatic hydroxyl groups is 2. The molecule has 2 rings (SSSR count).